The summed E-state index contributed by atoms with van der Waals surface area (Å²) in [5, 5.41) is 10.4. The molecule has 4 fully saturated rings. The number of aliphatic hydroxyl groups is 1. The molecule has 9 unspecified atom stereocenters. The summed E-state index contributed by atoms with van der Waals surface area (Å²) in [7, 11) is 0. The number of hydrogen-bond acceptors (Lipinski definition) is 1. The van der Waals surface area contributed by atoms with Crippen LogP contribution in [0.5, 0.6) is 0 Å². The van der Waals surface area contributed by atoms with Crippen molar-refractivity contribution in [1.82, 2.24) is 0 Å². The maximum Gasteiger partial charge on any atom is 0.0545 e. The first kappa shape index (κ1) is 21.7. The van der Waals surface area contributed by atoms with Gasteiger partial charge in [0.05, 0.1) is 6.10 Å². The van der Waals surface area contributed by atoms with Crippen molar-refractivity contribution in [3.05, 3.63) is 0 Å². The van der Waals surface area contributed by atoms with Crippen LogP contribution in [0.1, 0.15) is 112 Å². The van der Waals surface area contributed by atoms with E-state index in [1.54, 1.807) is 0 Å². The maximum atomic E-state index is 10.4. The quantitative estimate of drug-likeness (QED) is 0.530. The van der Waals surface area contributed by atoms with Gasteiger partial charge in [-0.1, -0.05) is 47.5 Å². The molecule has 0 amide bonds. The molecular weight excluding hydrogens is 328 g/mol. The lowest BCUT2D eigenvalue weighted by Crippen LogP contribution is -2.53. The summed E-state index contributed by atoms with van der Waals surface area (Å²) in [6.45, 7) is 13.6. The van der Waals surface area contributed by atoms with Crippen LogP contribution in [0.15, 0.2) is 0 Å². The Morgan fingerprint density at radius 2 is 1.70 bits per heavy atom. The molecule has 0 heterocycles. The normalized spacial score (nSPS) is 50.3. The first-order valence-corrected chi connectivity index (χ1v) is 12.6. The SMILES string of the molecule is CC.CCC12CCCC(C)CC1CCC1C3CCC(C(C)O)C3(C)CCC12. The minimum Gasteiger partial charge on any atom is -0.393 e. The lowest BCUT2D eigenvalue weighted by molar-refractivity contribution is -0.118. The standard InChI is InChI=1S/C24H42O.C2H6/c1-5-24-13-6-7-16(2)15-18(24)8-9-19-21-11-10-20(17(3)25)23(21,4)14-12-22(19)24;1-2/h16-22,25H,5-15H2,1-4H3;1-2H3. The molecule has 4 saturated carbocycles. The average molecular weight is 377 g/mol. The summed E-state index contributed by atoms with van der Waals surface area (Å²) in [6, 6.07) is 0. The third kappa shape index (κ3) is 3.43. The molecule has 1 nitrogen and oxygen atoms in total. The summed E-state index contributed by atoms with van der Waals surface area (Å²) in [6.07, 6.45) is 15.8. The smallest absolute Gasteiger partial charge is 0.0545 e. The van der Waals surface area contributed by atoms with Crippen molar-refractivity contribution in [2.24, 2.45) is 46.3 Å². The number of fused-ring (bicyclic) bond motifs is 5. The molecule has 0 aromatic rings. The first-order chi connectivity index (χ1) is 12.9. The second kappa shape index (κ2) is 8.37. The molecule has 0 saturated heterocycles. The van der Waals surface area contributed by atoms with Gasteiger partial charge in [0.25, 0.3) is 0 Å². The lowest BCUT2D eigenvalue weighted by Gasteiger charge is -2.60. The van der Waals surface area contributed by atoms with E-state index in [1.807, 2.05) is 13.8 Å². The van der Waals surface area contributed by atoms with E-state index < -0.39 is 0 Å². The molecule has 0 bridgehead atoms. The molecular formula is C26H48O. The van der Waals surface area contributed by atoms with Crippen molar-refractivity contribution in [3.63, 3.8) is 0 Å². The molecule has 1 heteroatoms. The fourth-order valence-corrected chi connectivity index (χ4v) is 9.07. The zero-order valence-electron chi connectivity index (χ0n) is 19.3. The molecule has 9 atom stereocenters. The first-order valence-electron chi connectivity index (χ1n) is 12.6. The van der Waals surface area contributed by atoms with Crippen LogP contribution in [-0.2, 0) is 0 Å². The van der Waals surface area contributed by atoms with Crippen LogP contribution < -0.4 is 0 Å². The van der Waals surface area contributed by atoms with Gasteiger partial charge in [-0.25, -0.2) is 0 Å². The topological polar surface area (TPSA) is 20.2 Å². The van der Waals surface area contributed by atoms with Gasteiger partial charge in [-0.2, -0.15) is 0 Å². The zero-order chi connectivity index (χ0) is 19.8. The molecule has 4 rings (SSSR count). The van der Waals surface area contributed by atoms with E-state index in [-0.39, 0.29) is 6.10 Å². The van der Waals surface area contributed by atoms with Crippen molar-refractivity contribution >= 4 is 0 Å². The highest BCUT2D eigenvalue weighted by molar-refractivity contribution is 5.09. The Morgan fingerprint density at radius 3 is 2.37 bits per heavy atom. The molecule has 0 aromatic carbocycles. The number of hydrogen-bond donors (Lipinski definition) is 1. The second-order valence-corrected chi connectivity index (χ2v) is 10.9. The molecule has 0 aliphatic heterocycles. The summed E-state index contributed by atoms with van der Waals surface area (Å²) in [5.74, 6) is 5.38. The third-order valence-electron chi connectivity index (χ3n) is 10.2. The fourth-order valence-electron chi connectivity index (χ4n) is 9.07. The summed E-state index contributed by atoms with van der Waals surface area (Å²) < 4.78 is 0. The highest BCUT2D eigenvalue weighted by atomic mass is 16.3. The third-order valence-corrected chi connectivity index (χ3v) is 10.2. The van der Waals surface area contributed by atoms with E-state index in [2.05, 4.69) is 27.7 Å². The van der Waals surface area contributed by atoms with Crippen molar-refractivity contribution in [3.8, 4) is 0 Å². The van der Waals surface area contributed by atoms with Gasteiger partial charge in [0.2, 0.25) is 0 Å². The fraction of sp³-hybridized carbons (Fsp3) is 1.00. The number of aliphatic hydroxyl groups excluding tert-OH is 1. The van der Waals surface area contributed by atoms with Gasteiger partial charge in [0.15, 0.2) is 0 Å². The van der Waals surface area contributed by atoms with Crippen LogP contribution >= 0.6 is 0 Å². The van der Waals surface area contributed by atoms with Gasteiger partial charge in [-0.05, 0) is 111 Å². The van der Waals surface area contributed by atoms with E-state index in [0.717, 1.165) is 29.6 Å². The lowest BCUT2D eigenvalue weighted by atomic mass is 9.45. The molecule has 4 aliphatic carbocycles. The monoisotopic (exact) mass is 376 g/mol. The van der Waals surface area contributed by atoms with Gasteiger partial charge >= 0.3 is 0 Å². The van der Waals surface area contributed by atoms with Crippen LogP contribution in [0.2, 0.25) is 0 Å². The van der Waals surface area contributed by atoms with Crippen molar-refractivity contribution in [2.45, 2.75) is 118 Å². The molecule has 158 valence electrons. The minimum atomic E-state index is -0.109. The number of rotatable bonds is 2. The predicted molar refractivity (Wildman–Crippen MR) is 117 cm³/mol. The van der Waals surface area contributed by atoms with E-state index in [0.29, 0.717) is 16.7 Å². The Kier molecular flexibility index (Phi) is 6.72. The van der Waals surface area contributed by atoms with Gasteiger partial charge in [0, 0.05) is 0 Å². The second-order valence-electron chi connectivity index (χ2n) is 10.9. The molecule has 4 aliphatic rings. The Hall–Kier alpha value is -0.0400. The van der Waals surface area contributed by atoms with Gasteiger partial charge < -0.3 is 5.11 Å². The minimum absolute atomic E-state index is 0.109. The van der Waals surface area contributed by atoms with Crippen LogP contribution in [0, 0.1) is 46.3 Å². The molecule has 0 radical (unpaired) electrons. The summed E-state index contributed by atoms with van der Waals surface area (Å²) >= 11 is 0. The largest absolute Gasteiger partial charge is 0.393 e. The van der Waals surface area contributed by atoms with Crippen LogP contribution in [0.3, 0.4) is 0 Å². The van der Waals surface area contributed by atoms with Gasteiger partial charge in [-0.15, -0.1) is 0 Å². The molecule has 27 heavy (non-hydrogen) atoms. The van der Waals surface area contributed by atoms with Crippen LogP contribution in [0.4, 0.5) is 0 Å². The van der Waals surface area contributed by atoms with Crippen LogP contribution in [-0.4, -0.2) is 11.2 Å². The highest BCUT2D eigenvalue weighted by Crippen LogP contribution is 2.68. The van der Waals surface area contributed by atoms with Gasteiger partial charge in [0.1, 0.15) is 0 Å². The zero-order valence-corrected chi connectivity index (χ0v) is 19.3. The molecule has 0 spiro atoms. The van der Waals surface area contributed by atoms with Crippen LogP contribution in [0.25, 0.3) is 0 Å². The maximum absolute atomic E-state index is 10.4. The van der Waals surface area contributed by atoms with E-state index in [9.17, 15) is 5.11 Å². The Morgan fingerprint density at radius 1 is 0.963 bits per heavy atom. The van der Waals surface area contributed by atoms with E-state index >= 15 is 0 Å². The average Bonchev–Trinajstić information content (AvgIpc) is 2.92. The van der Waals surface area contributed by atoms with Crippen molar-refractivity contribution in [1.29, 1.82) is 0 Å². The summed E-state index contributed by atoms with van der Waals surface area (Å²) in [5.41, 5.74) is 1.09. The van der Waals surface area contributed by atoms with Gasteiger partial charge in [-0.3, -0.25) is 0 Å². The predicted octanol–water partition coefficient (Wildman–Crippen LogP) is 7.47. The van der Waals surface area contributed by atoms with E-state index in [1.165, 1.54) is 70.6 Å². The Balaban J connectivity index is 0.00000102. The molecule has 1 N–H and O–H groups in total. The summed E-state index contributed by atoms with van der Waals surface area (Å²) in [4.78, 5) is 0. The highest BCUT2D eigenvalue weighted by Gasteiger charge is 2.60. The molecule has 0 aromatic heterocycles. The van der Waals surface area contributed by atoms with E-state index in [4.69, 9.17) is 0 Å². The van der Waals surface area contributed by atoms with Crippen molar-refractivity contribution < 1.29 is 5.11 Å². The van der Waals surface area contributed by atoms with Crippen molar-refractivity contribution in [2.75, 3.05) is 0 Å². The Labute approximate surface area is 170 Å². The Bertz CT molecular complexity index is 485.